The third-order valence-corrected chi connectivity index (χ3v) is 2.68. The molecule has 0 aliphatic heterocycles. The summed E-state index contributed by atoms with van der Waals surface area (Å²) in [6.07, 6.45) is -0.0148. The van der Waals surface area contributed by atoms with Gasteiger partial charge in [0, 0.05) is 17.7 Å². The second-order valence-corrected chi connectivity index (χ2v) is 4.54. The van der Waals surface area contributed by atoms with Crippen molar-refractivity contribution in [2.75, 3.05) is 0 Å². The average Bonchev–Trinajstić information content (AvgIpc) is 2.15. The van der Waals surface area contributed by atoms with E-state index < -0.39 is 28.8 Å². The molecule has 0 spiro atoms. The normalized spacial score (nSPS) is 11.6. The van der Waals surface area contributed by atoms with Crippen LogP contribution in [-0.2, 0) is 11.2 Å². The molecule has 1 aromatic rings. The van der Waals surface area contributed by atoms with Gasteiger partial charge < -0.3 is 5.11 Å². The lowest BCUT2D eigenvalue weighted by Crippen LogP contribution is -2.24. The maximum absolute atomic E-state index is 13.3. The maximum atomic E-state index is 13.3. The average molecular weight is 246 g/mol. The van der Waals surface area contributed by atoms with Gasteiger partial charge in [-0.25, -0.2) is 13.2 Å². The first-order valence-electron chi connectivity index (χ1n) is 5.11. The largest absolute Gasteiger partial charge is 0.481 e. The summed E-state index contributed by atoms with van der Waals surface area (Å²) in [7, 11) is 0. The fourth-order valence-corrected chi connectivity index (χ4v) is 1.36. The highest BCUT2D eigenvalue weighted by atomic mass is 19.1. The summed E-state index contributed by atoms with van der Waals surface area (Å²) < 4.78 is 39.2. The van der Waals surface area contributed by atoms with Crippen molar-refractivity contribution in [2.45, 2.75) is 26.7 Å². The van der Waals surface area contributed by atoms with Crippen molar-refractivity contribution in [3.05, 3.63) is 35.1 Å². The fraction of sp³-hybridized carbons (Fsp3) is 0.417. The van der Waals surface area contributed by atoms with Gasteiger partial charge in [-0.2, -0.15) is 0 Å². The zero-order chi connectivity index (χ0) is 13.2. The first-order valence-corrected chi connectivity index (χ1v) is 5.11. The van der Waals surface area contributed by atoms with Gasteiger partial charge in [-0.05, 0) is 26.7 Å². The molecule has 0 saturated carbocycles. The molecule has 1 rings (SSSR count). The van der Waals surface area contributed by atoms with E-state index in [1.807, 2.05) is 0 Å². The van der Waals surface area contributed by atoms with Crippen molar-refractivity contribution in [2.24, 2.45) is 5.41 Å². The number of aliphatic carboxylic acids is 1. The number of halogens is 3. The summed E-state index contributed by atoms with van der Waals surface area (Å²) in [5, 5.41) is 8.85. The van der Waals surface area contributed by atoms with Gasteiger partial charge in [0.1, 0.15) is 17.5 Å². The van der Waals surface area contributed by atoms with Gasteiger partial charge in [-0.3, -0.25) is 4.79 Å². The summed E-state index contributed by atoms with van der Waals surface area (Å²) in [6.45, 7) is 2.93. The molecule has 0 bridgehead atoms. The monoisotopic (exact) mass is 246 g/mol. The second kappa shape index (κ2) is 4.77. The predicted molar refractivity (Wildman–Crippen MR) is 56.1 cm³/mol. The molecule has 5 heteroatoms. The van der Waals surface area contributed by atoms with Crippen molar-refractivity contribution in [3.8, 4) is 0 Å². The molecule has 0 saturated heterocycles. The fourth-order valence-electron chi connectivity index (χ4n) is 1.36. The molecule has 0 heterocycles. The van der Waals surface area contributed by atoms with Crippen LogP contribution in [0.3, 0.4) is 0 Å². The Morgan fingerprint density at radius 3 is 2.12 bits per heavy atom. The Kier molecular flexibility index (Phi) is 3.80. The Balaban J connectivity index is 2.87. The lowest BCUT2D eigenvalue weighted by atomic mass is 9.86. The Morgan fingerprint density at radius 1 is 1.24 bits per heavy atom. The van der Waals surface area contributed by atoms with Gasteiger partial charge in [-0.1, -0.05) is 0 Å². The van der Waals surface area contributed by atoms with E-state index >= 15 is 0 Å². The molecule has 0 atom stereocenters. The molecule has 94 valence electrons. The lowest BCUT2D eigenvalue weighted by Gasteiger charge is -2.19. The molecule has 1 N–H and O–H groups in total. The number of benzene rings is 1. The number of carboxylic acids is 1. The van der Waals surface area contributed by atoms with Gasteiger partial charge in [0.25, 0.3) is 0 Å². The number of hydrogen-bond acceptors (Lipinski definition) is 1. The van der Waals surface area contributed by atoms with Crippen molar-refractivity contribution in [1.82, 2.24) is 0 Å². The summed E-state index contributed by atoms with van der Waals surface area (Å²) in [4.78, 5) is 10.8. The van der Waals surface area contributed by atoms with Crippen molar-refractivity contribution in [3.63, 3.8) is 0 Å². The lowest BCUT2D eigenvalue weighted by molar-refractivity contribution is -0.147. The highest BCUT2D eigenvalue weighted by Crippen LogP contribution is 2.25. The molecule has 1 aromatic carbocycles. The minimum absolute atomic E-state index is 0.0712. The van der Waals surface area contributed by atoms with E-state index in [-0.39, 0.29) is 18.4 Å². The molecule has 0 aliphatic rings. The van der Waals surface area contributed by atoms with Crippen molar-refractivity contribution < 1.29 is 23.1 Å². The van der Waals surface area contributed by atoms with E-state index in [4.69, 9.17) is 5.11 Å². The molecule has 2 nitrogen and oxygen atoms in total. The molecular formula is C12H13F3O2. The van der Waals surface area contributed by atoms with Crippen LogP contribution in [0.25, 0.3) is 0 Å². The zero-order valence-corrected chi connectivity index (χ0v) is 9.56. The number of carboxylic acid groups (broad SMARTS) is 1. The third-order valence-electron chi connectivity index (χ3n) is 2.68. The Hall–Kier alpha value is -1.52. The zero-order valence-electron chi connectivity index (χ0n) is 9.56. The standard InChI is InChI=1S/C12H13F3O2/c1-12(2,11(16)17)4-3-8-9(14)5-7(13)6-10(8)15/h5-6H,3-4H2,1-2H3,(H,16,17). The van der Waals surface area contributed by atoms with Crippen LogP contribution in [0.5, 0.6) is 0 Å². The minimum Gasteiger partial charge on any atom is -0.481 e. The van der Waals surface area contributed by atoms with Crippen LogP contribution in [0.1, 0.15) is 25.8 Å². The van der Waals surface area contributed by atoms with Gasteiger partial charge in [0.05, 0.1) is 5.41 Å². The van der Waals surface area contributed by atoms with Crippen LogP contribution in [0, 0.1) is 22.9 Å². The van der Waals surface area contributed by atoms with E-state index in [1.54, 1.807) is 0 Å². The van der Waals surface area contributed by atoms with Gasteiger partial charge in [0.15, 0.2) is 0 Å². The Labute approximate surface area is 97.1 Å². The summed E-state index contributed by atoms with van der Waals surface area (Å²) in [5.74, 6) is -3.99. The predicted octanol–water partition coefficient (Wildman–Crippen LogP) is 3.15. The Bertz CT molecular complexity index is 418. The Morgan fingerprint density at radius 2 is 1.71 bits per heavy atom. The number of rotatable bonds is 4. The minimum atomic E-state index is -1.08. The summed E-state index contributed by atoms with van der Waals surface area (Å²) in [6, 6.07) is 1.18. The van der Waals surface area contributed by atoms with Crippen LogP contribution in [-0.4, -0.2) is 11.1 Å². The topological polar surface area (TPSA) is 37.3 Å². The van der Waals surface area contributed by atoms with E-state index in [0.717, 1.165) is 0 Å². The first kappa shape index (κ1) is 13.5. The van der Waals surface area contributed by atoms with E-state index in [9.17, 15) is 18.0 Å². The molecule has 0 amide bonds. The molecule has 0 fully saturated rings. The molecule has 17 heavy (non-hydrogen) atoms. The quantitative estimate of drug-likeness (QED) is 0.886. The van der Waals surface area contributed by atoms with Gasteiger partial charge >= 0.3 is 5.97 Å². The summed E-state index contributed by atoms with van der Waals surface area (Å²) in [5.41, 5.74) is -1.35. The summed E-state index contributed by atoms with van der Waals surface area (Å²) >= 11 is 0. The van der Waals surface area contributed by atoms with Crippen LogP contribution >= 0.6 is 0 Å². The highest BCUT2D eigenvalue weighted by molar-refractivity contribution is 5.73. The van der Waals surface area contributed by atoms with Gasteiger partial charge in [0.2, 0.25) is 0 Å². The van der Waals surface area contributed by atoms with E-state index in [0.29, 0.717) is 12.1 Å². The van der Waals surface area contributed by atoms with Crippen LogP contribution in [0.15, 0.2) is 12.1 Å². The molecule has 0 aromatic heterocycles. The van der Waals surface area contributed by atoms with E-state index in [1.165, 1.54) is 13.8 Å². The van der Waals surface area contributed by atoms with Crippen LogP contribution in [0.2, 0.25) is 0 Å². The molecule has 0 unspecified atom stereocenters. The SMILES string of the molecule is CC(C)(CCc1c(F)cc(F)cc1F)C(=O)O. The van der Waals surface area contributed by atoms with Crippen molar-refractivity contribution in [1.29, 1.82) is 0 Å². The maximum Gasteiger partial charge on any atom is 0.309 e. The smallest absolute Gasteiger partial charge is 0.309 e. The number of carbonyl (C=O) groups is 1. The van der Waals surface area contributed by atoms with E-state index in [2.05, 4.69) is 0 Å². The van der Waals surface area contributed by atoms with Crippen LogP contribution < -0.4 is 0 Å². The van der Waals surface area contributed by atoms with Crippen molar-refractivity contribution >= 4 is 5.97 Å². The second-order valence-electron chi connectivity index (χ2n) is 4.54. The third kappa shape index (κ3) is 3.22. The number of hydrogen-bond donors (Lipinski definition) is 1. The molecule has 0 aliphatic carbocycles. The highest BCUT2D eigenvalue weighted by Gasteiger charge is 2.27. The first-order chi connectivity index (χ1) is 7.74. The van der Waals surface area contributed by atoms with Gasteiger partial charge in [-0.15, -0.1) is 0 Å². The molecule has 0 radical (unpaired) electrons. The molecular weight excluding hydrogens is 233 g/mol. The van der Waals surface area contributed by atoms with Crippen LogP contribution in [0.4, 0.5) is 13.2 Å².